The van der Waals surface area contributed by atoms with Crippen LogP contribution < -0.4 is 4.74 Å². The SMILES string of the molecule is COc1c(C)cc(CN(C)C(=O)CS)cc1C. The molecule has 1 amide bonds. The monoisotopic (exact) mass is 253 g/mol. The van der Waals surface area contributed by atoms with Gasteiger partial charge in [-0.05, 0) is 30.5 Å². The smallest absolute Gasteiger partial charge is 0.232 e. The highest BCUT2D eigenvalue weighted by Crippen LogP contribution is 2.24. The van der Waals surface area contributed by atoms with Crippen LogP contribution in [0.25, 0.3) is 0 Å². The molecule has 1 aromatic carbocycles. The van der Waals surface area contributed by atoms with E-state index in [-0.39, 0.29) is 11.7 Å². The van der Waals surface area contributed by atoms with Crippen molar-refractivity contribution >= 4 is 18.5 Å². The third kappa shape index (κ3) is 3.40. The molecule has 4 heteroatoms. The van der Waals surface area contributed by atoms with Gasteiger partial charge in [0.2, 0.25) is 5.91 Å². The summed E-state index contributed by atoms with van der Waals surface area (Å²) < 4.78 is 5.31. The second-order valence-corrected chi connectivity index (χ2v) is 4.49. The van der Waals surface area contributed by atoms with Gasteiger partial charge in [0.25, 0.3) is 0 Å². The molecule has 0 unspecified atom stereocenters. The molecule has 0 radical (unpaired) electrons. The van der Waals surface area contributed by atoms with Crippen molar-refractivity contribution in [3.05, 3.63) is 28.8 Å². The van der Waals surface area contributed by atoms with Gasteiger partial charge in [-0.25, -0.2) is 0 Å². The molecular weight excluding hydrogens is 234 g/mol. The van der Waals surface area contributed by atoms with Crippen molar-refractivity contribution < 1.29 is 9.53 Å². The van der Waals surface area contributed by atoms with Crippen LogP contribution in [0.4, 0.5) is 0 Å². The molecule has 0 spiro atoms. The molecule has 1 aromatic rings. The Kier molecular flexibility index (Phi) is 4.87. The van der Waals surface area contributed by atoms with Crippen LogP contribution in [0.15, 0.2) is 12.1 Å². The molecule has 0 aliphatic rings. The number of nitrogens with zero attached hydrogens (tertiary/aromatic N) is 1. The highest BCUT2D eigenvalue weighted by molar-refractivity contribution is 7.81. The second kappa shape index (κ2) is 5.96. The summed E-state index contributed by atoms with van der Waals surface area (Å²) in [5, 5.41) is 0. The summed E-state index contributed by atoms with van der Waals surface area (Å²) in [5.74, 6) is 1.18. The average Bonchev–Trinajstić information content (AvgIpc) is 2.27. The van der Waals surface area contributed by atoms with E-state index in [2.05, 4.69) is 12.6 Å². The van der Waals surface area contributed by atoms with Crippen molar-refractivity contribution in [3.63, 3.8) is 0 Å². The van der Waals surface area contributed by atoms with E-state index in [1.54, 1.807) is 19.1 Å². The summed E-state index contributed by atoms with van der Waals surface area (Å²) in [6.07, 6.45) is 0. The molecule has 0 N–H and O–H groups in total. The van der Waals surface area contributed by atoms with Gasteiger partial charge >= 0.3 is 0 Å². The van der Waals surface area contributed by atoms with Crippen molar-refractivity contribution in [1.29, 1.82) is 0 Å². The van der Waals surface area contributed by atoms with E-state index in [1.165, 1.54) is 0 Å². The average molecular weight is 253 g/mol. The van der Waals surface area contributed by atoms with E-state index in [4.69, 9.17) is 4.74 Å². The Morgan fingerprint density at radius 3 is 2.29 bits per heavy atom. The number of benzene rings is 1. The number of methoxy groups -OCH3 is 1. The first-order chi connectivity index (χ1) is 7.99. The van der Waals surface area contributed by atoms with Crippen LogP contribution in [0.2, 0.25) is 0 Å². The molecule has 0 atom stereocenters. The van der Waals surface area contributed by atoms with E-state index in [1.807, 2.05) is 26.0 Å². The first kappa shape index (κ1) is 13.9. The van der Waals surface area contributed by atoms with Gasteiger partial charge in [0.05, 0.1) is 12.9 Å². The minimum Gasteiger partial charge on any atom is -0.496 e. The number of aryl methyl sites for hydroxylation is 2. The van der Waals surface area contributed by atoms with Crippen molar-refractivity contribution in [2.24, 2.45) is 0 Å². The molecule has 0 fully saturated rings. The van der Waals surface area contributed by atoms with Crippen molar-refractivity contribution in [3.8, 4) is 5.75 Å². The van der Waals surface area contributed by atoms with Crippen molar-refractivity contribution in [2.75, 3.05) is 19.9 Å². The number of hydrogen-bond acceptors (Lipinski definition) is 3. The molecule has 0 saturated carbocycles. The van der Waals surface area contributed by atoms with Crippen LogP contribution in [0.1, 0.15) is 16.7 Å². The van der Waals surface area contributed by atoms with E-state index in [9.17, 15) is 4.79 Å². The van der Waals surface area contributed by atoms with Gasteiger partial charge in [-0.3, -0.25) is 4.79 Å². The molecule has 94 valence electrons. The summed E-state index contributed by atoms with van der Waals surface area (Å²) in [6.45, 7) is 4.62. The third-order valence-corrected chi connectivity index (χ3v) is 2.98. The highest BCUT2D eigenvalue weighted by Gasteiger charge is 2.10. The Morgan fingerprint density at radius 1 is 1.35 bits per heavy atom. The number of hydrogen-bond donors (Lipinski definition) is 1. The maximum absolute atomic E-state index is 11.4. The fraction of sp³-hybridized carbons (Fsp3) is 0.462. The molecule has 0 saturated heterocycles. The summed E-state index contributed by atoms with van der Waals surface area (Å²) in [4.78, 5) is 13.1. The zero-order valence-electron chi connectivity index (χ0n) is 10.8. The molecule has 0 bridgehead atoms. The van der Waals surface area contributed by atoms with E-state index >= 15 is 0 Å². The molecule has 1 rings (SSSR count). The fourth-order valence-corrected chi connectivity index (χ4v) is 2.18. The van der Waals surface area contributed by atoms with Gasteiger partial charge in [-0.15, -0.1) is 0 Å². The van der Waals surface area contributed by atoms with Crippen LogP contribution in [0.5, 0.6) is 5.75 Å². The van der Waals surface area contributed by atoms with Gasteiger partial charge in [0, 0.05) is 13.6 Å². The van der Waals surface area contributed by atoms with Crippen molar-refractivity contribution in [1.82, 2.24) is 4.90 Å². The summed E-state index contributed by atoms with van der Waals surface area (Å²) in [5.41, 5.74) is 3.29. The van der Waals surface area contributed by atoms with Crippen molar-refractivity contribution in [2.45, 2.75) is 20.4 Å². The van der Waals surface area contributed by atoms with Crippen LogP contribution in [-0.4, -0.2) is 30.7 Å². The Balaban J connectivity index is 2.90. The maximum Gasteiger partial charge on any atom is 0.232 e. The maximum atomic E-state index is 11.4. The summed E-state index contributed by atoms with van der Waals surface area (Å²) >= 11 is 3.98. The highest BCUT2D eigenvalue weighted by atomic mass is 32.1. The van der Waals surface area contributed by atoms with Gasteiger partial charge in [-0.1, -0.05) is 12.1 Å². The molecule has 0 aliphatic carbocycles. The van der Waals surface area contributed by atoms with Crippen LogP contribution in [0.3, 0.4) is 0 Å². The largest absolute Gasteiger partial charge is 0.496 e. The predicted molar refractivity (Wildman–Crippen MR) is 72.8 cm³/mol. The number of carbonyl (C=O) groups is 1. The van der Waals surface area contributed by atoms with Crippen LogP contribution in [0, 0.1) is 13.8 Å². The zero-order chi connectivity index (χ0) is 13.0. The lowest BCUT2D eigenvalue weighted by atomic mass is 10.1. The molecule has 3 nitrogen and oxygen atoms in total. The molecule has 0 heterocycles. The summed E-state index contributed by atoms with van der Waals surface area (Å²) in [7, 11) is 3.46. The molecule has 17 heavy (non-hydrogen) atoms. The Labute approximate surface area is 108 Å². The fourth-order valence-electron chi connectivity index (χ4n) is 1.94. The number of ether oxygens (including phenoxy) is 1. The topological polar surface area (TPSA) is 29.5 Å². The Morgan fingerprint density at radius 2 is 1.88 bits per heavy atom. The van der Waals surface area contributed by atoms with Gasteiger partial charge in [0.15, 0.2) is 0 Å². The second-order valence-electron chi connectivity index (χ2n) is 4.17. The van der Waals surface area contributed by atoms with E-state index < -0.39 is 0 Å². The lowest BCUT2D eigenvalue weighted by molar-refractivity contribution is -0.127. The first-order valence-corrected chi connectivity index (χ1v) is 6.11. The van der Waals surface area contributed by atoms with Gasteiger partial charge in [-0.2, -0.15) is 12.6 Å². The minimum atomic E-state index is 0.0273. The first-order valence-electron chi connectivity index (χ1n) is 5.48. The number of carbonyl (C=O) groups excluding carboxylic acids is 1. The predicted octanol–water partition coefficient (Wildman–Crippen LogP) is 2.20. The number of rotatable bonds is 4. The normalized spacial score (nSPS) is 10.2. The van der Waals surface area contributed by atoms with Crippen LogP contribution >= 0.6 is 12.6 Å². The number of amides is 1. The van der Waals surface area contributed by atoms with E-state index in [0.29, 0.717) is 6.54 Å². The quantitative estimate of drug-likeness (QED) is 0.834. The minimum absolute atomic E-state index is 0.0273. The zero-order valence-corrected chi connectivity index (χ0v) is 11.7. The van der Waals surface area contributed by atoms with Gasteiger partial charge < -0.3 is 9.64 Å². The van der Waals surface area contributed by atoms with E-state index in [0.717, 1.165) is 22.4 Å². The third-order valence-electron chi connectivity index (χ3n) is 2.71. The van der Waals surface area contributed by atoms with Gasteiger partial charge in [0.1, 0.15) is 5.75 Å². The lowest BCUT2D eigenvalue weighted by Crippen LogP contribution is -2.27. The number of thiol groups is 1. The molecule has 0 aliphatic heterocycles. The Bertz CT molecular complexity index is 395. The molecular formula is C13H19NO2S. The standard InChI is InChI=1S/C13H19NO2S/c1-9-5-11(6-10(2)13(9)16-4)7-14(3)12(15)8-17/h5-6,17H,7-8H2,1-4H3. The lowest BCUT2D eigenvalue weighted by Gasteiger charge is -2.18. The summed E-state index contributed by atoms with van der Waals surface area (Å²) in [6, 6.07) is 4.10. The Hall–Kier alpha value is -1.16. The van der Waals surface area contributed by atoms with Crippen LogP contribution in [-0.2, 0) is 11.3 Å². The molecule has 0 aromatic heterocycles.